The number of benzene rings is 1. The van der Waals surface area contributed by atoms with E-state index in [4.69, 9.17) is 4.74 Å². The van der Waals surface area contributed by atoms with Crippen LogP contribution in [0.4, 0.5) is 13.2 Å². The molecule has 2 N–H and O–H groups in total. The van der Waals surface area contributed by atoms with Gasteiger partial charge < -0.3 is 15.2 Å². The number of alkyl halides is 3. The summed E-state index contributed by atoms with van der Waals surface area (Å²) in [7, 11) is 0. The molecule has 4 rings (SSSR count). The van der Waals surface area contributed by atoms with Crippen LogP contribution in [0, 0.1) is 0 Å². The molecule has 1 aliphatic heterocycles. The topological polar surface area (TPSA) is 75.9 Å². The first-order valence-corrected chi connectivity index (χ1v) is 9.49. The minimum atomic E-state index is -4.56. The zero-order valence-electron chi connectivity index (χ0n) is 15.9. The summed E-state index contributed by atoms with van der Waals surface area (Å²) in [6, 6.07) is 10.1. The Balaban J connectivity index is 1.80. The number of ether oxygens (including phenoxy) is 1. The standard InChI is InChI=1S/C21H20F3N3O3/c22-21(23,24)15-6-2-1-5-14(15)17-16-7-3-4-10-27(16)18(25-17)19(29)26-20(13-28)8-11-30-12-9-20/h1-7,10,28H,8-9,11-13H2,(H,26,29). The number of carbonyl (C=O) groups excluding carboxylic acids is 1. The number of nitrogens with one attached hydrogen (secondary N) is 1. The van der Waals surface area contributed by atoms with Crippen molar-refractivity contribution in [2.45, 2.75) is 24.6 Å². The lowest BCUT2D eigenvalue weighted by molar-refractivity contribution is -0.137. The van der Waals surface area contributed by atoms with Gasteiger partial charge in [-0.1, -0.05) is 24.3 Å². The van der Waals surface area contributed by atoms with Crippen molar-refractivity contribution < 1.29 is 27.8 Å². The van der Waals surface area contributed by atoms with Gasteiger partial charge in [0, 0.05) is 25.0 Å². The van der Waals surface area contributed by atoms with Gasteiger partial charge in [-0.15, -0.1) is 0 Å². The molecule has 1 fully saturated rings. The summed E-state index contributed by atoms with van der Waals surface area (Å²) < 4.78 is 47.4. The number of pyridine rings is 1. The van der Waals surface area contributed by atoms with Gasteiger partial charge in [0.05, 0.1) is 28.9 Å². The normalized spacial score (nSPS) is 16.5. The molecule has 0 aliphatic carbocycles. The Hall–Kier alpha value is -2.91. The summed E-state index contributed by atoms with van der Waals surface area (Å²) >= 11 is 0. The van der Waals surface area contributed by atoms with Crippen molar-refractivity contribution in [3.05, 3.63) is 60.0 Å². The Morgan fingerprint density at radius 2 is 1.87 bits per heavy atom. The molecular formula is C21H20F3N3O3. The number of fused-ring (bicyclic) bond motifs is 1. The Morgan fingerprint density at radius 3 is 2.57 bits per heavy atom. The molecule has 0 radical (unpaired) electrons. The van der Waals surface area contributed by atoms with E-state index < -0.39 is 23.2 Å². The number of aromatic nitrogens is 2. The number of aliphatic hydroxyl groups is 1. The second kappa shape index (κ2) is 7.73. The first-order valence-electron chi connectivity index (χ1n) is 9.49. The number of nitrogens with zero attached hydrogens (tertiary/aromatic N) is 2. The highest BCUT2D eigenvalue weighted by Crippen LogP contribution is 2.38. The van der Waals surface area contributed by atoms with Gasteiger partial charge in [-0.3, -0.25) is 9.20 Å². The fourth-order valence-corrected chi connectivity index (χ4v) is 3.71. The molecular weight excluding hydrogens is 399 g/mol. The van der Waals surface area contributed by atoms with E-state index in [1.165, 1.54) is 22.6 Å². The number of carbonyl (C=O) groups is 1. The molecule has 6 nitrogen and oxygen atoms in total. The Bertz CT molecular complexity index is 1070. The van der Waals surface area contributed by atoms with E-state index in [0.29, 0.717) is 31.6 Å². The van der Waals surface area contributed by atoms with E-state index in [1.54, 1.807) is 24.4 Å². The van der Waals surface area contributed by atoms with Crippen molar-refractivity contribution >= 4 is 11.4 Å². The summed E-state index contributed by atoms with van der Waals surface area (Å²) in [5.74, 6) is -0.611. The lowest BCUT2D eigenvalue weighted by Crippen LogP contribution is -2.54. The number of halogens is 3. The van der Waals surface area contributed by atoms with E-state index in [2.05, 4.69) is 10.3 Å². The Kier molecular flexibility index (Phi) is 5.25. The van der Waals surface area contributed by atoms with Crippen LogP contribution < -0.4 is 5.32 Å². The van der Waals surface area contributed by atoms with Crippen molar-refractivity contribution in [2.24, 2.45) is 0 Å². The van der Waals surface area contributed by atoms with Crippen molar-refractivity contribution in [3.63, 3.8) is 0 Å². The second-order valence-electron chi connectivity index (χ2n) is 7.29. The van der Waals surface area contributed by atoms with Gasteiger partial charge in [-0.05, 0) is 31.0 Å². The van der Waals surface area contributed by atoms with E-state index in [1.807, 2.05) is 0 Å². The van der Waals surface area contributed by atoms with E-state index in [9.17, 15) is 23.1 Å². The quantitative estimate of drug-likeness (QED) is 0.681. The van der Waals surface area contributed by atoms with Crippen LogP contribution >= 0.6 is 0 Å². The lowest BCUT2D eigenvalue weighted by Gasteiger charge is -2.36. The highest BCUT2D eigenvalue weighted by Gasteiger charge is 2.37. The Labute approximate surface area is 170 Å². The third kappa shape index (κ3) is 3.66. The zero-order valence-corrected chi connectivity index (χ0v) is 15.9. The molecule has 158 valence electrons. The SMILES string of the molecule is O=C(NC1(CO)CCOCC1)c1nc(-c2ccccc2C(F)(F)F)c2ccccn12. The molecule has 3 heterocycles. The van der Waals surface area contributed by atoms with Crippen molar-refractivity contribution in [2.75, 3.05) is 19.8 Å². The van der Waals surface area contributed by atoms with E-state index in [0.717, 1.165) is 6.07 Å². The third-order valence-electron chi connectivity index (χ3n) is 5.37. The third-order valence-corrected chi connectivity index (χ3v) is 5.37. The average molecular weight is 419 g/mol. The maximum Gasteiger partial charge on any atom is 0.417 e. The number of amides is 1. The van der Waals surface area contributed by atoms with Crippen molar-refractivity contribution in [3.8, 4) is 11.3 Å². The molecule has 1 saturated heterocycles. The minimum Gasteiger partial charge on any atom is -0.394 e. The van der Waals surface area contributed by atoms with E-state index in [-0.39, 0.29) is 23.7 Å². The molecule has 0 bridgehead atoms. The van der Waals surface area contributed by atoms with Crippen molar-refractivity contribution in [1.82, 2.24) is 14.7 Å². The van der Waals surface area contributed by atoms with Crippen LogP contribution in [0.15, 0.2) is 48.7 Å². The van der Waals surface area contributed by atoms with E-state index >= 15 is 0 Å². The molecule has 1 amide bonds. The molecule has 9 heteroatoms. The Morgan fingerprint density at radius 1 is 1.17 bits per heavy atom. The van der Waals surface area contributed by atoms with Crippen LogP contribution in [0.2, 0.25) is 0 Å². The first kappa shape index (κ1) is 20.4. The van der Waals surface area contributed by atoms with Gasteiger partial charge in [-0.25, -0.2) is 4.98 Å². The fraction of sp³-hybridized carbons (Fsp3) is 0.333. The zero-order chi connectivity index (χ0) is 21.4. The molecule has 0 saturated carbocycles. The second-order valence-corrected chi connectivity index (χ2v) is 7.29. The highest BCUT2D eigenvalue weighted by atomic mass is 19.4. The van der Waals surface area contributed by atoms with Gasteiger partial charge >= 0.3 is 6.18 Å². The van der Waals surface area contributed by atoms with Crippen LogP contribution in [0.3, 0.4) is 0 Å². The van der Waals surface area contributed by atoms with Crippen LogP contribution in [0.1, 0.15) is 29.0 Å². The minimum absolute atomic E-state index is 0.0445. The predicted molar refractivity (Wildman–Crippen MR) is 103 cm³/mol. The number of rotatable bonds is 4. The molecule has 2 aromatic heterocycles. The number of hydrogen-bond acceptors (Lipinski definition) is 4. The predicted octanol–water partition coefficient (Wildman–Crippen LogP) is 3.29. The highest BCUT2D eigenvalue weighted by molar-refractivity contribution is 5.95. The summed E-state index contributed by atoms with van der Waals surface area (Å²) in [5.41, 5.74) is -1.32. The summed E-state index contributed by atoms with van der Waals surface area (Å²) in [5, 5.41) is 12.7. The number of aliphatic hydroxyl groups excluding tert-OH is 1. The van der Waals surface area contributed by atoms with Crippen LogP contribution in [-0.4, -0.2) is 45.8 Å². The molecule has 3 aromatic rings. The lowest BCUT2D eigenvalue weighted by atomic mass is 9.91. The van der Waals surface area contributed by atoms with Gasteiger partial charge in [0.15, 0.2) is 0 Å². The van der Waals surface area contributed by atoms with Gasteiger partial charge in [-0.2, -0.15) is 13.2 Å². The van der Waals surface area contributed by atoms with Crippen LogP contribution in [0.5, 0.6) is 0 Å². The summed E-state index contributed by atoms with van der Waals surface area (Å²) in [6.45, 7) is 0.524. The summed E-state index contributed by atoms with van der Waals surface area (Å²) in [4.78, 5) is 17.4. The number of imidazole rings is 1. The fourth-order valence-electron chi connectivity index (χ4n) is 3.71. The van der Waals surface area contributed by atoms with Crippen molar-refractivity contribution in [1.29, 1.82) is 0 Å². The number of hydrogen-bond donors (Lipinski definition) is 2. The van der Waals surface area contributed by atoms with Gasteiger partial charge in [0.25, 0.3) is 5.91 Å². The monoisotopic (exact) mass is 419 g/mol. The molecule has 30 heavy (non-hydrogen) atoms. The molecule has 1 aliphatic rings. The van der Waals surface area contributed by atoms with Gasteiger partial charge in [0.1, 0.15) is 0 Å². The van der Waals surface area contributed by atoms with Gasteiger partial charge in [0.2, 0.25) is 5.82 Å². The largest absolute Gasteiger partial charge is 0.417 e. The molecule has 1 aromatic carbocycles. The summed E-state index contributed by atoms with van der Waals surface area (Å²) in [6.07, 6.45) is -2.12. The first-order chi connectivity index (χ1) is 14.3. The van der Waals surface area contributed by atoms with Crippen LogP contribution in [0.25, 0.3) is 16.8 Å². The maximum atomic E-state index is 13.6. The molecule has 0 unspecified atom stereocenters. The molecule has 0 spiro atoms. The van der Waals surface area contributed by atoms with Crippen LogP contribution in [-0.2, 0) is 10.9 Å². The average Bonchev–Trinajstić information content (AvgIpc) is 3.13. The maximum absolute atomic E-state index is 13.6. The smallest absolute Gasteiger partial charge is 0.394 e. The molecule has 0 atom stereocenters.